The van der Waals surface area contributed by atoms with E-state index in [9.17, 15) is 0 Å². The summed E-state index contributed by atoms with van der Waals surface area (Å²) < 4.78 is 0. The van der Waals surface area contributed by atoms with E-state index in [0.29, 0.717) is 0 Å². The third kappa shape index (κ3) is 9.01. The Morgan fingerprint density at radius 2 is 1.93 bits per heavy atom. The fourth-order valence-electron chi connectivity index (χ4n) is 1.43. The molecule has 0 saturated carbocycles. The van der Waals surface area contributed by atoms with Crippen LogP contribution in [-0.2, 0) is 0 Å². The van der Waals surface area contributed by atoms with Gasteiger partial charge in [-0.25, -0.2) is 0 Å². The van der Waals surface area contributed by atoms with Crippen LogP contribution >= 0.6 is 23.5 Å². The Morgan fingerprint density at radius 1 is 1.21 bits per heavy atom. The molecule has 0 aromatic carbocycles. The summed E-state index contributed by atoms with van der Waals surface area (Å²) in [5, 5.41) is 0.882. The Hall–Kier alpha value is 0.440. The van der Waals surface area contributed by atoms with Crippen molar-refractivity contribution in [2.45, 2.75) is 44.3 Å². The Balaban J connectivity index is 3.37. The van der Waals surface area contributed by atoms with E-state index in [-0.39, 0.29) is 0 Å². The fraction of sp³-hybridized carbons (Fsp3) is 0.833. The van der Waals surface area contributed by atoms with E-state index in [1.807, 2.05) is 23.5 Å². The summed E-state index contributed by atoms with van der Waals surface area (Å²) in [4.78, 5) is 0. The molecule has 1 unspecified atom stereocenters. The van der Waals surface area contributed by atoms with Crippen LogP contribution < -0.4 is 0 Å². The average Bonchev–Trinajstić information content (AvgIpc) is 2.16. The van der Waals surface area contributed by atoms with Crippen molar-refractivity contribution in [1.29, 1.82) is 0 Å². The summed E-state index contributed by atoms with van der Waals surface area (Å²) in [6, 6.07) is 0. The zero-order valence-electron chi connectivity index (χ0n) is 9.84. The van der Waals surface area contributed by atoms with Gasteiger partial charge in [-0.1, -0.05) is 12.0 Å². The molecule has 84 valence electrons. The van der Waals surface area contributed by atoms with Crippen LogP contribution in [0.4, 0.5) is 0 Å². The van der Waals surface area contributed by atoms with Crippen LogP contribution in [0.3, 0.4) is 0 Å². The van der Waals surface area contributed by atoms with Gasteiger partial charge in [0.25, 0.3) is 0 Å². The molecule has 0 spiro atoms. The Labute approximate surface area is 98.3 Å². The molecule has 0 saturated heterocycles. The maximum absolute atomic E-state index is 3.93. The van der Waals surface area contributed by atoms with Crippen molar-refractivity contribution in [3.05, 3.63) is 12.2 Å². The second-order valence-corrected chi connectivity index (χ2v) is 5.97. The van der Waals surface area contributed by atoms with Crippen molar-refractivity contribution in [3.63, 3.8) is 0 Å². The van der Waals surface area contributed by atoms with E-state index in [1.54, 1.807) is 0 Å². The molecule has 0 aromatic heterocycles. The van der Waals surface area contributed by atoms with Crippen LogP contribution in [0.2, 0.25) is 0 Å². The Morgan fingerprint density at radius 3 is 2.43 bits per heavy atom. The van der Waals surface area contributed by atoms with Crippen molar-refractivity contribution in [2.75, 3.05) is 18.3 Å². The molecule has 0 bridgehead atoms. The molecule has 0 radical (unpaired) electrons. The summed E-state index contributed by atoms with van der Waals surface area (Å²) in [5.74, 6) is 1.31. The van der Waals surface area contributed by atoms with Gasteiger partial charge < -0.3 is 0 Å². The molecule has 0 aliphatic rings. The molecule has 0 rings (SSSR count). The third-order valence-corrected chi connectivity index (χ3v) is 4.14. The molecule has 2 heteroatoms. The second kappa shape index (κ2) is 9.97. The molecule has 0 amide bonds. The average molecular weight is 232 g/mol. The minimum Gasteiger partial charge on any atom is -0.165 e. The van der Waals surface area contributed by atoms with Gasteiger partial charge in [-0.3, -0.25) is 0 Å². The number of hydrogen-bond acceptors (Lipinski definition) is 2. The van der Waals surface area contributed by atoms with Gasteiger partial charge in [-0.15, -0.1) is 6.58 Å². The molecule has 0 aliphatic carbocycles. The van der Waals surface area contributed by atoms with Gasteiger partial charge in [-0.05, 0) is 50.9 Å². The number of thioether (sulfide) groups is 2. The molecule has 0 fully saturated rings. The van der Waals surface area contributed by atoms with Crippen LogP contribution in [0.1, 0.15) is 39.0 Å². The first kappa shape index (κ1) is 14.4. The van der Waals surface area contributed by atoms with Crippen LogP contribution in [0.5, 0.6) is 0 Å². The standard InChI is InChI=1S/C12H24S2/c1-11(2)7-5-6-8-12(14-4)9-10-13-3/h12H,1,5-10H2,2-4H3. The van der Waals surface area contributed by atoms with Crippen molar-refractivity contribution in [2.24, 2.45) is 0 Å². The summed E-state index contributed by atoms with van der Waals surface area (Å²) in [7, 11) is 0. The van der Waals surface area contributed by atoms with Gasteiger partial charge in [0.2, 0.25) is 0 Å². The Bertz CT molecular complexity index is 143. The van der Waals surface area contributed by atoms with E-state index in [2.05, 4.69) is 26.0 Å². The molecule has 0 aliphatic heterocycles. The topological polar surface area (TPSA) is 0 Å². The van der Waals surface area contributed by atoms with Gasteiger partial charge in [0, 0.05) is 5.25 Å². The monoisotopic (exact) mass is 232 g/mol. The number of allylic oxidation sites excluding steroid dienone is 1. The van der Waals surface area contributed by atoms with E-state index in [1.165, 1.54) is 43.4 Å². The minimum absolute atomic E-state index is 0.882. The summed E-state index contributed by atoms with van der Waals surface area (Å²) >= 11 is 3.99. The normalized spacial score (nSPS) is 12.8. The number of rotatable bonds is 9. The SMILES string of the molecule is C=C(C)CCCCC(CCSC)SC. The van der Waals surface area contributed by atoms with Crippen molar-refractivity contribution in [1.82, 2.24) is 0 Å². The number of unbranched alkanes of at least 4 members (excludes halogenated alkanes) is 1. The first-order valence-corrected chi connectivity index (χ1v) is 8.05. The summed E-state index contributed by atoms with van der Waals surface area (Å²) in [5.41, 5.74) is 1.33. The highest BCUT2D eigenvalue weighted by atomic mass is 32.2. The van der Waals surface area contributed by atoms with Crippen LogP contribution in [0.25, 0.3) is 0 Å². The van der Waals surface area contributed by atoms with E-state index >= 15 is 0 Å². The number of hydrogen-bond donors (Lipinski definition) is 0. The maximum atomic E-state index is 3.93. The van der Waals surface area contributed by atoms with Crippen molar-refractivity contribution in [3.8, 4) is 0 Å². The van der Waals surface area contributed by atoms with Crippen LogP contribution in [0, 0.1) is 0 Å². The van der Waals surface area contributed by atoms with Gasteiger partial charge in [-0.2, -0.15) is 23.5 Å². The highest BCUT2D eigenvalue weighted by molar-refractivity contribution is 7.99. The summed E-state index contributed by atoms with van der Waals surface area (Å²) in [6.45, 7) is 6.06. The zero-order chi connectivity index (χ0) is 10.8. The molecular weight excluding hydrogens is 208 g/mol. The van der Waals surface area contributed by atoms with E-state index in [4.69, 9.17) is 0 Å². The third-order valence-electron chi connectivity index (χ3n) is 2.36. The molecule has 0 aromatic rings. The van der Waals surface area contributed by atoms with Gasteiger partial charge >= 0.3 is 0 Å². The van der Waals surface area contributed by atoms with Crippen LogP contribution in [-0.4, -0.2) is 23.5 Å². The lowest BCUT2D eigenvalue weighted by Crippen LogP contribution is -2.03. The lowest BCUT2D eigenvalue weighted by molar-refractivity contribution is 0.645. The predicted molar refractivity (Wildman–Crippen MR) is 73.6 cm³/mol. The highest BCUT2D eigenvalue weighted by Crippen LogP contribution is 2.20. The van der Waals surface area contributed by atoms with E-state index in [0.717, 1.165) is 5.25 Å². The quantitative estimate of drug-likeness (QED) is 0.421. The fourth-order valence-corrected chi connectivity index (χ4v) is 2.85. The molecule has 14 heavy (non-hydrogen) atoms. The maximum Gasteiger partial charge on any atom is 0.00521 e. The first-order valence-electron chi connectivity index (χ1n) is 5.36. The highest BCUT2D eigenvalue weighted by Gasteiger charge is 2.05. The second-order valence-electron chi connectivity index (χ2n) is 3.84. The molecule has 0 heterocycles. The van der Waals surface area contributed by atoms with Crippen molar-refractivity contribution < 1.29 is 0 Å². The van der Waals surface area contributed by atoms with Crippen molar-refractivity contribution >= 4 is 23.5 Å². The van der Waals surface area contributed by atoms with Gasteiger partial charge in [0.05, 0.1) is 0 Å². The predicted octanol–water partition coefficient (Wildman–Crippen LogP) is 4.61. The smallest absolute Gasteiger partial charge is 0.00521 e. The van der Waals surface area contributed by atoms with Gasteiger partial charge in [0.15, 0.2) is 0 Å². The molecule has 0 N–H and O–H groups in total. The molecule has 0 nitrogen and oxygen atoms in total. The molecule has 1 atom stereocenters. The van der Waals surface area contributed by atoms with E-state index < -0.39 is 0 Å². The zero-order valence-corrected chi connectivity index (χ0v) is 11.5. The largest absolute Gasteiger partial charge is 0.165 e. The van der Waals surface area contributed by atoms with Gasteiger partial charge in [0.1, 0.15) is 0 Å². The lowest BCUT2D eigenvalue weighted by atomic mass is 10.1. The first-order chi connectivity index (χ1) is 6.70. The van der Waals surface area contributed by atoms with Crippen LogP contribution in [0.15, 0.2) is 12.2 Å². The Kier molecular flexibility index (Phi) is 10.3. The molecular formula is C12H24S2. The lowest BCUT2D eigenvalue weighted by Gasteiger charge is -2.13. The minimum atomic E-state index is 0.882. The summed E-state index contributed by atoms with van der Waals surface area (Å²) in [6.07, 6.45) is 11.1.